The molecule has 452 valence electrons. The summed E-state index contributed by atoms with van der Waals surface area (Å²) in [6.07, 6.45) is -66.5. The fraction of sp³-hybridized carbons (Fsp3) is 1.00. The molecule has 9 nitrogen and oxygen atoms in total. The second kappa shape index (κ2) is 27.9. The summed E-state index contributed by atoms with van der Waals surface area (Å²) in [4.78, 5) is 0. The van der Waals surface area contributed by atoms with Gasteiger partial charge < -0.3 is 26.7 Å². The van der Waals surface area contributed by atoms with Gasteiger partial charge in [0.25, 0.3) is 11.3 Å². The predicted molar refractivity (Wildman–Crippen MR) is 210 cm³/mol. The molecule has 38 heteroatoms. The van der Waals surface area contributed by atoms with Crippen LogP contribution < -0.4 is 21.9 Å². The molecular weight excluding hydrogens is 1160 g/mol. The van der Waals surface area contributed by atoms with E-state index in [1.165, 1.54) is 14.1 Å². The minimum absolute atomic E-state index is 0. The molecule has 0 amide bonds. The van der Waals surface area contributed by atoms with Crippen molar-refractivity contribution in [3.8, 4) is 0 Å². The van der Waals surface area contributed by atoms with Gasteiger partial charge >= 0.3 is 49.4 Å². The smallest absolute Gasteiger partial charge is 0.431 e. The van der Waals surface area contributed by atoms with Gasteiger partial charge in [-0.05, 0) is 38.5 Å². The van der Waals surface area contributed by atoms with Gasteiger partial charge in [0.2, 0.25) is 20.0 Å². The molecule has 0 saturated heterocycles. The minimum Gasteiger partial charge on any atom is -1.00 e. The van der Waals surface area contributed by atoms with Crippen molar-refractivity contribution in [1.82, 2.24) is 9.44 Å². The average Bonchev–Trinajstić information content (AvgIpc) is 3.09. The lowest BCUT2D eigenvalue weighted by Crippen LogP contribution is -3.00. The second-order valence-corrected chi connectivity index (χ2v) is 22.0. The lowest BCUT2D eigenvalue weighted by molar-refractivity contribution is -0.870. The summed E-state index contributed by atoms with van der Waals surface area (Å²) in [5.41, 5.74) is -12.8. The molecule has 0 aromatic carbocycles. The van der Waals surface area contributed by atoms with Crippen LogP contribution in [0.2, 0.25) is 0 Å². The molecule has 0 heterocycles. The zero-order valence-electron chi connectivity index (χ0n) is 38.6. The van der Waals surface area contributed by atoms with Gasteiger partial charge in [0.1, 0.15) is 0 Å². The molecule has 2 N–H and O–H groups in total. The Bertz CT molecular complexity index is 1680. The van der Waals surface area contributed by atoms with E-state index in [0.29, 0.717) is 17.4 Å². The van der Waals surface area contributed by atoms with Crippen LogP contribution in [0.3, 0.4) is 0 Å². The summed E-state index contributed by atoms with van der Waals surface area (Å²) in [6, 6.07) is 0. The third kappa shape index (κ3) is 28.7. The SMILES string of the molecule is C.C[N+](C)(C)CCCNS(=O)(=O)CCCC(CC(CC(F)(C(F)(F)F)C(F)(F)F)C(F)(F)F)C(F)(F)F.C[N+](C)([O-])CCCNS(=O)(=O)CCCC(CC(CC(F)(C(F)(F)F)C(F)(F)F)C(F)(F)F)C(F)(F)F.[Cl-]. The van der Waals surface area contributed by atoms with Crippen molar-refractivity contribution in [3.05, 3.63) is 5.21 Å². The number of hydrogen-bond acceptors (Lipinski definition) is 5. The molecule has 4 atom stereocenters. The molecule has 0 rings (SSSR count). The summed E-state index contributed by atoms with van der Waals surface area (Å²) >= 11 is 0. The van der Waals surface area contributed by atoms with Crippen molar-refractivity contribution in [2.45, 2.75) is 132 Å². The normalized spacial score (nSPS) is 16.3. The summed E-state index contributed by atoms with van der Waals surface area (Å²) in [5.74, 6) is -16.3. The van der Waals surface area contributed by atoms with Crippen molar-refractivity contribution < 1.29 is 153 Å². The Kier molecular flexibility index (Phi) is 29.6. The van der Waals surface area contributed by atoms with E-state index in [1.54, 1.807) is 21.1 Å². The van der Waals surface area contributed by atoms with Crippen LogP contribution >= 0.6 is 0 Å². The largest absolute Gasteiger partial charge is 1.00 e. The quantitative estimate of drug-likeness (QED) is 0.0389. The molecule has 4 unspecified atom stereocenters. The minimum atomic E-state index is -6.90. The Labute approximate surface area is 415 Å². The molecule has 0 spiro atoms. The molecule has 0 fully saturated rings. The predicted octanol–water partition coefficient (Wildman–Crippen LogP) is 9.01. The second-order valence-electron chi connectivity index (χ2n) is 18.2. The van der Waals surface area contributed by atoms with E-state index in [2.05, 4.69) is 4.72 Å². The van der Waals surface area contributed by atoms with Crippen LogP contribution in [0, 0.1) is 28.9 Å². The van der Waals surface area contributed by atoms with Gasteiger partial charge in [-0.1, -0.05) is 7.43 Å². The first-order valence-electron chi connectivity index (χ1n) is 20.5. The monoisotopic (exact) mass is 1220 g/mol. The Morgan fingerprint density at radius 3 is 0.865 bits per heavy atom. The maximum absolute atomic E-state index is 13.8. The van der Waals surface area contributed by atoms with Gasteiger partial charge in [0.15, 0.2) is 0 Å². The van der Waals surface area contributed by atoms with Crippen LogP contribution in [-0.2, 0) is 20.0 Å². The number of nitrogens with zero attached hydrogens (tertiary/aromatic N) is 2. The van der Waals surface area contributed by atoms with Gasteiger partial charge in [-0.2, -0.15) is 105 Å². The summed E-state index contributed by atoms with van der Waals surface area (Å²) in [6.45, 7) is 0.0928. The van der Waals surface area contributed by atoms with Gasteiger partial charge in [-0.15, -0.1) is 0 Å². The molecule has 0 aliphatic heterocycles. The number of nitrogens with one attached hydrogen (secondary N) is 2. The molecule has 74 heavy (non-hydrogen) atoms. The Morgan fingerprint density at radius 2 is 0.662 bits per heavy atom. The first-order chi connectivity index (χ1) is 31.2. The zero-order chi connectivity index (χ0) is 58.0. The highest BCUT2D eigenvalue weighted by atomic mass is 35.5. The number of alkyl halides is 26. The highest BCUT2D eigenvalue weighted by Gasteiger charge is 2.75. The van der Waals surface area contributed by atoms with E-state index < -0.39 is 172 Å². The van der Waals surface area contributed by atoms with Crippen LogP contribution in [0.5, 0.6) is 0 Å². The number of sulfonamides is 2. The number of hydroxylamine groups is 3. The molecule has 0 saturated carbocycles. The fourth-order valence-electron chi connectivity index (χ4n) is 6.30. The first-order valence-corrected chi connectivity index (χ1v) is 23.8. The maximum atomic E-state index is 13.8. The number of rotatable bonds is 26. The zero-order valence-corrected chi connectivity index (χ0v) is 41.0. The molecule has 0 aliphatic rings. The van der Waals surface area contributed by atoms with Crippen LogP contribution in [0.25, 0.3) is 0 Å². The van der Waals surface area contributed by atoms with Crippen LogP contribution in [0.1, 0.15) is 71.6 Å². The fourth-order valence-corrected chi connectivity index (χ4v) is 8.59. The topological polar surface area (TPSA) is 115 Å². The van der Waals surface area contributed by atoms with Crippen molar-refractivity contribution in [3.63, 3.8) is 0 Å². The number of halogens is 27. The Balaban J connectivity index is -0.000000645. The third-order valence-corrected chi connectivity index (χ3v) is 13.2. The Hall–Kier alpha value is -1.83. The molecule has 0 aromatic rings. The molecular formula is C36H57ClF26N4O5S2. The standard InChI is InChI=1S/C18H28F13N2O2S.C17H25F13N2O3S.CH4.ClH/c1-33(2,3)8-5-7-32-36(34,35)9-4-6-12(15(20,21)22)10-13(16(23,24)25)11-14(19,17(26,27)28)18(29,30)31;1-32(2,33)7-4-6-31-36(34,35)8-3-5-11(14(19,20)21)9-12(15(22,23)24)10-13(18,16(25,26)27)17(28,29)30;;/h12-13,32H,4-11H2,1-3H3;11-12,31H,3-10H2,1-2H3;1H4;1H/q+1;;;/p-1. The summed E-state index contributed by atoms with van der Waals surface area (Å²) in [7, 11) is -0.541. The van der Waals surface area contributed by atoms with Gasteiger partial charge in [-0.25, -0.2) is 35.1 Å². The lowest BCUT2D eigenvalue weighted by Gasteiger charge is -2.35. The number of quaternary nitrogens is 2. The van der Waals surface area contributed by atoms with E-state index in [4.69, 9.17) is 0 Å². The first kappa shape index (κ1) is 78.7. The van der Waals surface area contributed by atoms with E-state index in [-0.39, 0.29) is 45.9 Å². The van der Waals surface area contributed by atoms with Crippen LogP contribution in [-0.4, -0.2) is 160 Å². The Morgan fingerprint density at radius 1 is 0.419 bits per heavy atom. The molecule has 0 aliphatic carbocycles. The van der Waals surface area contributed by atoms with E-state index in [9.17, 15) is 136 Å². The molecule has 0 aromatic heterocycles. The lowest BCUT2D eigenvalue weighted by atomic mass is 9.82. The van der Waals surface area contributed by atoms with Crippen molar-refractivity contribution in [1.29, 1.82) is 0 Å². The van der Waals surface area contributed by atoms with E-state index in [0.717, 1.165) is 0 Å². The van der Waals surface area contributed by atoms with Gasteiger partial charge in [0.05, 0.1) is 83.5 Å². The maximum Gasteiger partial charge on any atom is 0.431 e. The van der Waals surface area contributed by atoms with Crippen LogP contribution in [0.15, 0.2) is 0 Å². The third-order valence-electron chi connectivity index (χ3n) is 10.3. The van der Waals surface area contributed by atoms with Crippen molar-refractivity contribution in [2.24, 2.45) is 23.7 Å². The van der Waals surface area contributed by atoms with Crippen molar-refractivity contribution >= 4 is 20.0 Å². The number of hydrogen-bond donors (Lipinski definition) is 2. The van der Waals surface area contributed by atoms with Crippen molar-refractivity contribution in [2.75, 3.05) is 72.9 Å². The van der Waals surface area contributed by atoms with E-state index in [1.807, 2.05) is 4.72 Å². The van der Waals surface area contributed by atoms with E-state index >= 15 is 0 Å². The van der Waals surface area contributed by atoms with Gasteiger partial charge in [-0.3, -0.25) is 0 Å². The highest BCUT2D eigenvalue weighted by molar-refractivity contribution is 7.89. The van der Waals surface area contributed by atoms with Crippen LogP contribution in [0.4, 0.5) is 114 Å². The summed E-state index contributed by atoms with van der Waals surface area (Å²) < 4.78 is 389. The average molecular weight is 1220 g/mol. The van der Waals surface area contributed by atoms with Gasteiger partial charge in [0, 0.05) is 38.8 Å². The molecule has 0 radical (unpaired) electrons. The molecule has 0 bridgehead atoms. The summed E-state index contributed by atoms with van der Waals surface area (Å²) in [5, 5.41) is 11.3. The highest BCUT2D eigenvalue weighted by Crippen LogP contribution is 2.55.